The molecule has 0 spiro atoms. The van der Waals surface area contributed by atoms with E-state index in [1.54, 1.807) is 19.9 Å². The first-order valence-corrected chi connectivity index (χ1v) is 5.56. The van der Waals surface area contributed by atoms with Crippen LogP contribution in [0.25, 0.3) is 0 Å². The summed E-state index contributed by atoms with van der Waals surface area (Å²) >= 11 is 0. The van der Waals surface area contributed by atoms with Crippen molar-refractivity contribution in [2.45, 2.75) is 20.3 Å². The molecule has 0 aromatic heterocycles. The van der Waals surface area contributed by atoms with Gasteiger partial charge in [-0.3, -0.25) is 9.59 Å². The van der Waals surface area contributed by atoms with E-state index in [0.717, 1.165) is 5.56 Å². The average molecular weight is 247 g/mol. The number of benzene rings is 1. The van der Waals surface area contributed by atoms with E-state index >= 15 is 0 Å². The van der Waals surface area contributed by atoms with Crippen molar-refractivity contribution in [2.75, 3.05) is 11.4 Å². The van der Waals surface area contributed by atoms with Crippen LogP contribution in [-0.4, -0.2) is 29.3 Å². The number of carbonyl (C=O) groups excluding carboxylic acids is 2. The predicted molar refractivity (Wildman–Crippen MR) is 64.9 cm³/mol. The predicted octanol–water partition coefficient (Wildman–Crippen LogP) is 1.31. The minimum atomic E-state index is -1.09. The van der Waals surface area contributed by atoms with Crippen LogP contribution in [0.2, 0.25) is 0 Å². The Kier molecular flexibility index (Phi) is 2.90. The number of carboxylic acids is 1. The largest absolute Gasteiger partial charge is 0.478 e. The molecule has 2 rings (SSSR count). The zero-order valence-corrected chi connectivity index (χ0v) is 10.2. The van der Waals surface area contributed by atoms with Crippen LogP contribution in [0.3, 0.4) is 0 Å². The summed E-state index contributed by atoms with van der Waals surface area (Å²) in [7, 11) is 0. The van der Waals surface area contributed by atoms with Crippen molar-refractivity contribution in [3.63, 3.8) is 0 Å². The van der Waals surface area contributed by atoms with E-state index in [2.05, 4.69) is 0 Å². The number of rotatable bonds is 2. The number of hydrogen-bond donors (Lipinski definition) is 1. The molecule has 1 aliphatic heterocycles. The normalized spacial score (nSPS) is 15.3. The zero-order chi connectivity index (χ0) is 13.4. The van der Waals surface area contributed by atoms with Gasteiger partial charge >= 0.3 is 5.97 Å². The molecule has 1 aromatic rings. The second-order valence-electron chi connectivity index (χ2n) is 4.48. The van der Waals surface area contributed by atoms with Gasteiger partial charge in [0.2, 0.25) is 5.91 Å². The zero-order valence-electron chi connectivity index (χ0n) is 10.2. The van der Waals surface area contributed by atoms with E-state index < -0.39 is 5.97 Å². The lowest BCUT2D eigenvalue weighted by Crippen LogP contribution is -2.27. The lowest BCUT2D eigenvalue weighted by molar-refractivity contribution is -0.121. The van der Waals surface area contributed by atoms with Gasteiger partial charge in [0.25, 0.3) is 0 Å². The van der Waals surface area contributed by atoms with Crippen LogP contribution >= 0.6 is 0 Å². The fraction of sp³-hybridized carbons (Fsp3) is 0.308. The quantitative estimate of drug-likeness (QED) is 0.799. The maximum absolute atomic E-state index is 11.7. The van der Waals surface area contributed by atoms with Gasteiger partial charge < -0.3 is 10.0 Å². The monoisotopic (exact) mass is 247 g/mol. The number of hydrogen-bond acceptors (Lipinski definition) is 3. The minimum Gasteiger partial charge on any atom is -0.478 e. The summed E-state index contributed by atoms with van der Waals surface area (Å²) in [5, 5.41) is 9.20. The molecule has 5 nitrogen and oxygen atoms in total. The van der Waals surface area contributed by atoms with Crippen molar-refractivity contribution in [1.82, 2.24) is 0 Å². The van der Waals surface area contributed by atoms with Crippen LogP contribution < -0.4 is 4.90 Å². The number of carbonyl (C=O) groups is 3. The lowest BCUT2D eigenvalue weighted by Gasteiger charge is -2.20. The van der Waals surface area contributed by atoms with E-state index in [4.69, 9.17) is 0 Å². The van der Waals surface area contributed by atoms with Crippen LogP contribution in [0.4, 0.5) is 5.69 Å². The molecule has 1 heterocycles. The van der Waals surface area contributed by atoms with Gasteiger partial charge in [0.05, 0.1) is 24.2 Å². The molecule has 1 fully saturated rings. The van der Waals surface area contributed by atoms with Gasteiger partial charge in [-0.05, 0) is 31.0 Å². The number of aromatic carboxylic acids is 1. The summed E-state index contributed by atoms with van der Waals surface area (Å²) in [5.41, 5.74) is 1.90. The number of Topliss-reactive ketones (excluding diaryl/α,β-unsaturated/α-hetero) is 1. The van der Waals surface area contributed by atoms with Gasteiger partial charge in [0, 0.05) is 0 Å². The van der Waals surface area contributed by atoms with Gasteiger partial charge in [0.15, 0.2) is 5.78 Å². The molecule has 1 aliphatic rings. The highest BCUT2D eigenvalue weighted by molar-refractivity contribution is 6.17. The SMILES string of the molecule is Cc1cc(C)c(N2CC(=O)CC2=O)c(C(=O)O)c1. The van der Waals surface area contributed by atoms with Gasteiger partial charge in [-0.2, -0.15) is 0 Å². The Balaban J connectivity index is 2.59. The van der Waals surface area contributed by atoms with E-state index in [9.17, 15) is 19.5 Å². The third-order valence-electron chi connectivity index (χ3n) is 2.93. The Labute approximate surface area is 104 Å². The van der Waals surface area contributed by atoms with Gasteiger partial charge in [0.1, 0.15) is 0 Å². The summed E-state index contributed by atoms with van der Waals surface area (Å²) in [6, 6.07) is 3.32. The van der Waals surface area contributed by atoms with E-state index in [0.29, 0.717) is 11.3 Å². The van der Waals surface area contributed by atoms with E-state index in [1.165, 1.54) is 11.0 Å². The van der Waals surface area contributed by atoms with Gasteiger partial charge in [-0.25, -0.2) is 4.79 Å². The van der Waals surface area contributed by atoms with Crippen LogP contribution in [0.15, 0.2) is 12.1 Å². The highest BCUT2D eigenvalue weighted by atomic mass is 16.4. The second kappa shape index (κ2) is 4.25. The number of carboxylic acid groups (broad SMARTS) is 1. The maximum atomic E-state index is 11.7. The minimum absolute atomic E-state index is 0.0387. The highest BCUT2D eigenvalue weighted by Crippen LogP contribution is 2.29. The molecule has 0 saturated carbocycles. The Morgan fingerprint density at radius 1 is 1.28 bits per heavy atom. The molecule has 0 atom stereocenters. The maximum Gasteiger partial charge on any atom is 0.337 e. The van der Waals surface area contributed by atoms with Crippen LogP contribution in [0.1, 0.15) is 27.9 Å². The fourth-order valence-corrected chi connectivity index (χ4v) is 2.27. The molecule has 0 aliphatic carbocycles. The summed E-state index contributed by atoms with van der Waals surface area (Å²) < 4.78 is 0. The molecule has 0 bridgehead atoms. The third kappa shape index (κ3) is 1.99. The number of anilines is 1. The highest BCUT2D eigenvalue weighted by Gasteiger charge is 2.32. The van der Waals surface area contributed by atoms with Crippen molar-refractivity contribution < 1.29 is 19.5 Å². The fourth-order valence-electron chi connectivity index (χ4n) is 2.27. The Hall–Kier alpha value is -2.17. The summed E-state index contributed by atoms with van der Waals surface area (Å²) in [6.07, 6.45) is -0.146. The summed E-state index contributed by atoms with van der Waals surface area (Å²) in [5.74, 6) is -1.62. The first kappa shape index (κ1) is 12.3. The molecule has 94 valence electrons. The molecule has 1 saturated heterocycles. The van der Waals surface area contributed by atoms with E-state index in [1.807, 2.05) is 0 Å². The molecule has 0 unspecified atom stereocenters. The molecule has 18 heavy (non-hydrogen) atoms. The van der Waals surface area contributed by atoms with Crippen molar-refractivity contribution >= 4 is 23.3 Å². The van der Waals surface area contributed by atoms with Crippen LogP contribution in [0, 0.1) is 13.8 Å². The lowest BCUT2D eigenvalue weighted by atomic mass is 10.0. The number of amides is 1. The molecular formula is C13H13NO4. The number of nitrogens with zero attached hydrogens (tertiary/aromatic N) is 1. The summed E-state index contributed by atoms with van der Waals surface area (Å²) in [6.45, 7) is 3.49. The van der Waals surface area contributed by atoms with Crippen molar-refractivity contribution in [2.24, 2.45) is 0 Å². The van der Waals surface area contributed by atoms with Crippen molar-refractivity contribution in [1.29, 1.82) is 0 Å². The molecule has 0 radical (unpaired) electrons. The van der Waals surface area contributed by atoms with Crippen LogP contribution in [0.5, 0.6) is 0 Å². The first-order valence-electron chi connectivity index (χ1n) is 5.56. The molecule has 1 N–H and O–H groups in total. The number of aryl methyl sites for hydroxylation is 2. The Morgan fingerprint density at radius 2 is 1.94 bits per heavy atom. The molecule has 5 heteroatoms. The molecule has 1 amide bonds. The van der Waals surface area contributed by atoms with Crippen LogP contribution in [-0.2, 0) is 9.59 Å². The molecular weight excluding hydrogens is 234 g/mol. The standard InChI is InChI=1S/C13H13NO4/c1-7-3-8(2)12(10(4-7)13(17)18)14-6-9(15)5-11(14)16/h3-4H,5-6H2,1-2H3,(H,17,18). The van der Waals surface area contributed by atoms with Gasteiger partial charge in [-0.15, -0.1) is 0 Å². The van der Waals surface area contributed by atoms with E-state index in [-0.39, 0.29) is 30.2 Å². The molecule has 1 aromatic carbocycles. The average Bonchev–Trinajstić information content (AvgIpc) is 2.56. The van der Waals surface area contributed by atoms with Gasteiger partial charge in [-0.1, -0.05) is 6.07 Å². The number of ketones is 1. The smallest absolute Gasteiger partial charge is 0.337 e. The van der Waals surface area contributed by atoms with Crippen molar-refractivity contribution in [3.05, 3.63) is 28.8 Å². The Morgan fingerprint density at radius 3 is 2.44 bits per heavy atom. The second-order valence-corrected chi connectivity index (χ2v) is 4.48. The van der Waals surface area contributed by atoms with Crippen molar-refractivity contribution in [3.8, 4) is 0 Å². The topological polar surface area (TPSA) is 74.7 Å². The first-order chi connectivity index (χ1) is 8.40. The Bertz CT molecular complexity index is 562. The summed E-state index contributed by atoms with van der Waals surface area (Å²) in [4.78, 5) is 35.5. The third-order valence-corrected chi connectivity index (χ3v) is 2.93.